The largest absolute Gasteiger partial charge is 0.340 e. The first-order valence-electron chi connectivity index (χ1n) is 9.99. The van der Waals surface area contributed by atoms with Crippen molar-refractivity contribution in [2.75, 3.05) is 39.3 Å². The summed E-state index contributed by atoms with van der Waals surface area (Å²) in [5.41, 5.74) is 1.05. The van der Waals surface area contributed by atoms with Gasteiger partial charge in [0.15, 0.2) is 0 Å². The molecule has 2 aromatic heterocycles. The van der Waals surface area contributed by atoms with Crippen LogP contribution in [0, 0.1) is 5.92 Å². The smallest absolute Gasteiger partial charge is 0.252 e. The number of hydrogen-bond acceptors (Lipinski definition) is 6. The molecule has 2 aromatic rings. The molecule has 0 spiro atoms. The molecule has 0 atom stereocenters. The van der Waals surface area contributed by atoms with Gasteiger partial charge in [0.05, 0.1) is 5.69 Å². The van der Waals surface area contributed by atoms with Crippen LogP contribution in [0.25, 0.3) is 0 Å². The normalized spacial score (nSPS) is 20.1. The highest BCUT2D eigenvalue weighted by Crippen LogP contribution is 2.27. The topological polar surface area (TPSA) is 73.8 Å². The summed E-state index contributed by atoms with van der Waals surface area (Å²) in [5, 5.41) is 1.77. The van der Waals surface area contributed by atoms with Crippen LogP contribution in [-0.4, -0.2) is 72.7 Å². The van der Waals surface area contributed by atoms with E-state index in [1.807, 2.05) is 23.1 Å². The molecule has 0 radical (unpaired) electrons. The van der Waals surface area contributed by atoms with Gasteiger partial charge in [0.25, 0.3) is 10.0 Å². The quantitative estimate of drug-likeness (QED) is 0.719. The Kier molecular flexibility index (Phi) is 6.29. The number of thiophene rings is 1. The molecule has 2 saturated heterocycles. The van der Waals surface area contributed by atoms with Crippen molar-refractivity contribution < 1.29 is 13.2 Å². The second kappa shape index (κ2) is 8.91. The highest BCUT2D eigenvalue weighted by atomic mass is 32.2. The maximum atomic E-state index is 12.9. The minimum absolute atomic E-state index is 0.0767. The fourth-order valence-electron chi connectivity index (χ4n) is 3.99. The molecule has 0 saturated carbocycles. The van der Waals surface area contributed by atoms with Gasteiger partial charge < -0.3 is 4.90 Å². The maximum absolute atomic E-state index is 12.9. The van der Waals surface area contributed by atoms with Crippen LogP contribution in [0.1, 0.15) is 18.5 Å². The van der Waals surface area contributed by atoms with Crippen LogP contribution in [0.3, 0.4) is 0 Å². The second-order valence-electron chi connectivity index (χ2n) is 7.53. The van der Waals surface area contributed by atoms with Gasteiger partial charge in [-0.15, -0.1) is 11.3 Å². The van der Waals surface area contributed by atoms with Gasteiger partial charge in [-0.1, -0.05) is 12.1 Å². The van der Waals surface area contributed by atoms with E-state index in [2.05, 4.69) is 9.88 Å². The van der Waals surface area contributed by atoms with E-state index in [0.717, 1.165) is 38.4 Å². The molecule has 2 fully saturated rings. The van der Waals surface area contributed by atoms with E-state index in [4.69, 9.17) is 0 Å². The second-order valence-corrected chi connectivity index (χ2v) is 10.6. The van der Waals surface area contributed by atoms with Crippen molar-refractivity contribution in [3.63, 3.8) is 0 Å². The van der Waals surface area contributed by atoms with Crippen molar-refractivity contribution in [1.82, 2.24) is 19.1 Å². The van der Waals surface area contributed by atoms with Gasteiger partial charge in [-0.05, 0) is 36.4 Å². The van der Waals surface area contributed by atoms with Gasteiger partial charge in [-0.25, -0.2) is 8.42 Å². The molecule has 2 aliphatic rings. The summed E-state index contributed by atoms with van der Waals surface area (Å²) in [6.45, 7) is 4.76. The summed E-state index contributed by atoms with van der Waals surface area (Å²) in [6, 6.07) is 9.32. The fraction of sp³-hybridized carbons (Fsp3) is 0.500. The Hall–Kier alpha value is -1.81. The number of sulfonamides is 1. The van der Waals surface area contributed by atoms with Gasteiger partial charge in [-0.3, -0.25) is 14.7 Å². The molecular formula is C20H26N4O3S2. The standard InChI is InChI=1S/C20H26N4O3S2/c25-20(23-13-11-22(12-14-23)16-18-4-1-2-8-21-18)17-6-9-24(10-7-17)29(26,27)19-5-3-15-28-19/h1-5,8,15,17H,6-7,9-14,16H2. The number of piperidine rings is 1. The summed E-state index contributed by atoms with van der Waals surface area (Å²) in [4.78, 5) is 21.6. The number of amides is 1. The van der Waals surface area contributed by atoms with Crippen molar-refractivity contribution in [2.24, 2.45) is 5.92 Å². The molecule has 1 amide bonds. The summed E-state index contributed by atoms with van der Waals surface area (Å²) >= 11 is 1.24. The Morgan fingerprint density at radius 1 is 1.03 bits per heavy atom. The first-order valence-corrected chi connectivity index (χ1v) is 12.3. The zero-order chi connectivity index (χ0) is 20.3. The lowest BCUT2D eigenvalue weighted by Gasteiger charge is -2.38. The van der Waals surface area contributed by atoms with Crippen LogP contribution in [0.2, 0.25) is 0 Å². The van der Waals surface area contributed by atoms with Crippen molar-refractivity contribution in [2.45, 2.75) is 23.6 Å². The lowest BCUT2D eigenvalue weighted by molar-refractivity contribution is -0.138. The average molecular weight is 435 g/mol. The van der Waals surface area contributed by atoms with E-state index in [1.54, 1.807) is 23.7 Å². The summed E-state index contributed by atoms with van der Waals surface area (Å²) < 4.78 is 27.2. The molecule has 0 bridgehead atoms. The summed E-state index contributed by atoms with van der Waals surface area (Å²) in [7, 11) is -3.42. The number of pyridine rings is 1. The number of hydrogen-bond donors (Lipinski definition) is 0. The molecule has 0 aliphatic carbocycles. The molecular weight excluding hydrogens is 408 g/mol. The predicted octanol–water partition coefficient (Wildman–Crippen LogP) is 1.89. The van der Waals surface area contributed by atoms with Crippen molar-refractivity contribution in [1.29, 1.82) is 0 Å². The monoisotopic (exact) mass is 434 g/mol. The third kappa shape index (κ3) is 4.69. The van der Waals surface area contributed by atoms with Gasteiger partial charge in [0.2, 0.25) is 5.91 Å². The van der Waals surface area contributed by atoms with Crippen LogP contribution in [0.15, 0.2) is 46.1 Å². The third-order valence-corrected chi connectivity index (χ3v) is 8.96. The summed E-state index contributed by atoms with van der Waals surface area (Å²) in [6.07, 6.45) is 3.00. The molecule has 156 valence electrons. The Bertz CT molecular complexity index is 902. The van der Waals surface area contributed by atoms with Crippen molar-refractivity contribution in [3.05, 3.63) is 47.6 Å². The molecule has 0 N–H and O–H groups in total. The lowest BCUT2D eigenvalue weighted by Crippen LogP contribution is -2.51. The van der Waals surface area contributed by atoms with Crippen LogP contribution in [-0.2, 0) is 21.4 Å². The number of piperazine rings is 1. The average Bonchev–Trinajstić information content (AvgIpc) is 3.31. The molecule has 4 heterocycles. The minimum Gasteiger partial charge on any atom is -0.340 e. The first kappa shape index (κ1) is 20.5. The Morgan fingerprint density at radius 2 is 1.79 bits per heavy atom. The van der Waals surface area contributed by atoms with E-state index in [0.29, 0.717) is 30.1 Å². The molecule has 0 unspecified atom stereocenters. The molecule has 4 rings (SSSR count). The van der Waals surface area contributed by atoms with E-state index in [1.165, 1.54) is 15.6 Å². The molecule has 0 aromatic carbocycles. The highest BCUT2D eigenvalue weighted by molar-refractivity contribution is 7.91. The number of aromatic nitrogens is 1. The van der Waals surface area contributed by atoms with Crippen molar-refractivity contribution >= 4 is 27.3 Å². The highest BCUT2D eigenvalue weighted by Gasteiger charge is 2.34. The number of carbonyl (C=O) groups is 1. The SMILES string of the molecule is O=C(C1CCN(S(=O)(=O)c2cccs2)CC1)N1CCN(Cc2ccccn2)CC1. The number of nitrogens with zero attached hydrogens (tertiary/aromatic N) is 4. The van der Waals surface area contributed by atoms with Gasteiger partial charge >= 0.3 is 0 Å². The number of carbonyl (C=O) groups excluding carboxylic acids is 1. The molecule has 29 heavy (non-hydrogen) atoms. The van der Waals surface area contributed by atoms with E-state index in [-0.39, 0.29) is 11.8 Å². The van der Waals surface area contributed by atoms with Gasteiger partial charge in [0.1, 0.15) is 4.21 Å². The molecule has 9 heteroatoms. The first-order chi connectivity index (χ1) is 14.0. The third-order valence-electron chi connectivity index (χ3n) is 5.69. The molecule has 7 nitrogen and oxygen atoms in total. The van der Waals surface area contributed by atoms with Crippen LogP contribution < -0.4 is 0 Å². The van der Waals surface area contributed by atoms with Crippen molar-refractivity contribution in [3.8, 4) is 0 Å². The van der Waals surface area contributed by atoms with Gasteiger partial charge in [-0.2, -0.15) is 4.31 Å². The lowest BCUT2D eigenvalue weighted by atomic mass is 9.96. The van der Waals surface area contributed by atoms with Crippen LogP contribution >= 0.6 is 11.3 Å². The zero-order valence-corrected chi connectivity index (χ0v) is 17.9. The Morgan fingerprint density at radius 3 is 2.41 bits per heavy atom. The summed E-state index contributed by atoms with van der Waals surface area (Å²) in [5.74, 6) is 0.0998. The number of rotatable bonds is 5. The van der Waals surface area contributed by atoms with E-state index >= 15 is 0 Å². The van der Waals surface area contributed by atoms with E-state index < -0.39 is 10.0 Å². The Labute approximate surface area is 176 Å². The van der Waals surface area contributed by atoms with Gasteiger partial charge in [0, 0.05) is 57.9 Å². The molecule has 2 aliphatic heterocycles. The fourth-order valence-corrected chi connectivity index (χ4v) is 6.60. The van der Waals surface area contributed by atoms with Crippen LogP contribution in [0.5, 0.6) is 0 Å². The maximum Gasteiger partial charge on any atom is 0.252 e. The minimum atomic E-state index is -3.42. The van der Waals surface area contributed by atoms with Crippen LogP contribution in [0.4, 0.5) is 0 Å². The zero-order valence-electron chi connectivity index (χ0n) is 16.3. The predicted molar refractivity (Wildman–Crippen MR) is 112 cm³/mol. The Balaban J connectivity index is 1.26. The van der Waals surface area contributed by atoms with E-state index in [9.17, 15) is 13.2 Å².